The van der Waals surface area contributed by atoms with Crippen LogP contribution in [0.2, 0.25) is 0 Å². The summed E-state index contributed by atoms with van der Waals surface area (Å²) in [6.45, 7) is 5.02. The van der Waals surface area contributed by atoms with Gasteiger partial charge in [-0.25, -0.2) is 0 Å². The Morgan fingerprint density at radius 1 is 1.32 bits per heavy atom. The van der Waals surface area contributed by atoms with Crippen LogP contribution in [0, 0.1) is 0 Å². The highest BCUT2D eigenvalue weighted by atomic mass is 15.3. The van der Waals surface area contributed by atoms with Gasteiger partial charge in [-0.1, -0.05) is 0 Å². The second kappa shape index (κ2) is 4.76. The minimum absolute atomic E-state index is 0.399. The Hall–Kier alpha value is -2.30. The fraction of sp³-hybridized carbons (Fsp3) is 0.286. The molecule has 19 heavy (non-hydrogen) atoms. The van der Waals surface area contributed by atoms with Gasteiger partial charge >= 0.3 is 0 Å². The number of fused-ring (bicyclic) bond motifs is 1. The summed E-state index contributed by atoms with van der Waals surface area (Å²) in [5, 5.41) is 15.8. The van der Waals surface area contributed by atoms with Crippen LogP contribution in [0.15, 0.2) is 36.8 Å². The molecule has 0 amide bonds. The number of nitrogens with one attached hydrogen (secondary N) is 2. The van der Waals surface area contributed by atoms with Crippen molar-refractivity contribution >= 4 is 16.6 Å². The Morgan fingerprint density at radius 2 is 2.21 bits per heavy atom. The van der Waals surface area contributed by atoms with Crippen molar-refractivity contribution in [3.8, 4) is 0 Å². The lowest BCUT2D eigenvalue weighted by Gasteiger charge is -2.05. The zero-order valence-corrected chi connectivity index (χ0v) is 11.1. The summed E-state index contributed by atoms with van der Waals surface area (Å²) in [5.41, 5.74) is 3.32. The van der Waals surface area contributed by atoms with Crippen LogP contribution in [0.4, 0.5) is 5.69 Å². The van der Waals surface area contributed by atoms with E-state index in [1.165, 1.54) is 5.56 Å². The first-order valence-electron chi connectivity index (χ1n) is 6.42. The topological polar surface area (TPSA) is 58.5 Å². The summed E-state index contributed by atoms with van der Waals surface area (Å²) >= 11 is 0. The van der Waals surface area contributed by atoms with Gasteiger partial charge in [-0.3, -0.25) is 9.78 Å². The van der Waals surface area contributed by atoms with Gasteiger partial charge in [0.05, 0.1) is 17.9 Å². The zero-order valence-electron chi connectivity index (χ0n) is 11.1. The van der Waals surface area contributed by atoms with Gasteiger partial charge in [-0.05, 0) is 32.0 Å². The third-order valence-electron chi connectivity index (χ3n) is 3.12. The highest BCUT2D eigenvalue weighted by Gasteiger charge is 2.02. The minimum Gasteiger partial charge on any atom is -0.381 e. The maximum Gasteiger partial charge on any atom is 0.0651 e. The largest absolute Gasteiger partial charge is 0.381 e. The number of hydrogen-bond acceptors (Lipinski definition) is 3. The van der Waals surface area contributed by atoms with Crippen molar-refractivity contribution in [1.82, 2.24) is 20.0 Å². The quantitative estimate of drug-likeness (QED) is 0.753. The molecular weight excluding hydrogens is 238 g/mol. The number of benzene rings is 1. The van der Waals surface area contributed by atoms with Crippen LogP contribution < -0.4 is 5.32 Å². The minimum atomic E-state index is 0.399. The second-order valence-corrected chi connectivity index (χ2v) is 4.95. The van der Waals surface area contributed by atoms with Crippen molar-refractivity contribution in [2.75, 3.05) is 5.32 Å². The average Bonchev–Trinajstić information content (AvgIpc) is 3.04. The number of H-pyrrole nitrogens is 1. The van der Waals surface area contributed by atoms with Gasteiger partial charge in [0, 0.05) is 35.4 Å². The summed E-state index contributed by atoms with van der Waals surface area (Å²) in [6.07, 6.45) is 5.81. The molecule has 5 heteroatoms. The molecule has 2 N–H and O–H groups in total. The van der Waals surface area contributed by atoms with Crippen LogP contribution in [0.5, 0.6) is 0 Å². The molecule has 3 aromatic rings. The van der Waals surface area contributed by atoms with Gasteiger partial charge in [0.15, 0.2) is 0 Å². The van der Waals surface area contributed by atoms with Gasteiger partial charge in [0.1, 0.15) is 0 Å². The van der Waals surface area contributed by atoms with E-state index in [9.17, 15) is 0 Å². The Kier molecular flexibility index (Phi) is 2.95. The normalized spacial score (nSPS) is 11.3. The molecule has 0 aliphatic heterocycles. The molecule has 2 aromatic heterocycles. The van der Waals surface area contributed by atoms with E-state index in [0.29, 0.717) is 6.04 Å². The van der Waals surface area contributed by atoms with Crippen LogP contribution in [0.3, 0.4) is 0 Å². The fourth-order valence-electron chi connectivity index (χ4n) is 2.01. The molecule has 0 radical (unpaired) electrons. The second-order valence-electron chi connectivity index (χ2n) is 4.95. The average molecular weight is 255 g/mol. The molecule has 0 bridgehead atoms. The van der Waals surface area contributed by atoms with E-state index < -0.39 is 0 Å². The maximum atomic E-state index is 4.33. The molecule has 0 unspecified atom stereocenters. The molecular formula is C14H17N5. The lowest BCUT2D eigenvalue weighted by atomic mass is 10.2. The van der Waals surface area contributed by atoms with Crippen LogP contribution in [0.25, 0.3) is 10.9 Å². The molecule has 3 rings (SSSR count). The molecule has 2 heterocycles. The number of nitrogens with zero attached hydrogens (tertiary/aromatic N) is 3. The van der Waals surface area contributed by atoms with Crippen LogP contribution in [0.1, 0.15) is 25.5 Å². The first-order valence-corrected chi connectivity index (χ1v) is 6.42. The molecule has 98 valence electrons. The highest BCUT2D eigenvalue weighted by Crippen LogP contribution is 2.17. The fourth-order valence-corrected chi connectivity index (χ4v) is 2.01. The van der Waals surface area contributed by atoms with Crippen molar-refractivity contribution in [3.63, 3.8) is 0 Å². The molecule has 0 atom stereocenters. The van der Waals surface area contributed by atoms with Crippen molar-refractivity contribution in [3.05, 3.63) is 42.4 Å². The SMILES string of the molecule is CC(C)n1cc(CNc2ccc3[nH]ncc3c2)cn1. The molecule has 0 saturated carbocycles. The molecule has 5 nitrogen and oxygen atoms in total. The van der Waals surface area contributed by atoms with Crippen molar-refractivity contribution in [1.29, 1.82) is 0 Å². The van der Waals surface area contributed by atoms with E-state index in [4.69, 9.17) is 0 Å². The van der Waals surface area contributed by atoms with Crippen LogP contribution in [-0.2, 0) is 6.54 Å². The lowest BCUT2D eigenvalue weighted by Crippen LogP contribution is -2.01. The number of anilines is 1. The first-order chi connectivity index (χ1) is 9.22. The molecule has 0 aliphatic carbocycles. The number of hydrogen-bond donors (Lipinski definition) is 2. The summed E-state index contributed by atoms with van der Waals surface area (Å²) in [6, 6.07) is 6.57. The lowest BCUT2D eigenvalue weighted by molar-refractivity contribution is 0.532. The monoisotopic (exact) mass is 255 g/mol. The molecule has 0 spiro atoms. The molecule has 0 fully saturated rings. The van der Waals surface area contributed by atoms with Crippen LogP contribution >= 0.6 is 0 Å². The maximum absolute atomic E-state index is 4.33. The van der Waals surface area contributed by atoms with Gasteiger partial charge in [0.25, 0.3) is 0 Å². The smallest absolute Gasteiger partial charge is 0.0651 e. The van der Waals surface area contributed by atoms with E-state index >= 15 is 0 Å². The molecule has 0 saturated heterocycles. The Morgan fingerprint density at radius 3 is 3.00 bits per heavy atom. The van der Waals surface area contributed by atoms with Gasteiger partial charge in [-0.15, -0.1) is 0 Å². The van der Waals surface area contributed by atoms with Crippen LogP contribution in [-0.4, -0.2) is 20.0 Å². The summed E-state index contributed by atoms with van der Waals surface area (Å²) in [4.78, 5) is 0. The predicted octanol–water partition coefficient (Wildman–Crippen LogP) is 2.95. The van der Waals surface area contributed by atoms with E-state index in [1.807, 2.05) is 29.2 Å². The Balaban J connectivity index is 1.70. The van der Waals surface area contributed by atoms with Crippen molar-refractivity contribution in [2.24, 2.45) is 0 Å². The summed E-state index contributed by atoms with van der Waals surface area (Å²) < 4.78 is 1.97. The van der Waals surface area contributed by atoms with Gasteiger partial charge in [0.2, 0.25) is 0 Å². The first kappa shape index (κ1) is 11.8. The number of rotatable bonds is 4. The van der Waals surface area contributed by atoms with E-state index in [-0.39, 0.29) is 0 Å². The number of aromatic nitrogens is 4. The number of aromatic amines is 1. The van der Waals surface area contributed by atoms with Gasteiger partial charge < -0.3 is 5.32 Å². The third-order valence-corrected chi connectivity index (χ3v) is 3.12. The Bertz CT molecular complexity index is 680. The third kappa shape index (κ3) is 2.45. The van der Waals surface area contributed by atoms with Gasteiger partial charge in [-0.2, -0.15) is 10.2 Å². The van der Waals surface area contributed by atoms with E-state index in [2.05, 4.69) is 46.7 Å². The highest BCUT2D eigenvalue weighted by molar-refractivity contribution is 5.81. The Labute approximate surface area is 111 Å². The molecule has 0 aliphatic rings. The summed E-state index contributed by atoms with van der Waals surface area (Å²) in [5.74, 6) is 0. The van der Waals surface area contributed by atoms with Crippen molar-refractivity contribution in [2.45, 2.75) is 26.4 Å². The predicted molar refractivity (Wildman–Crippen MR) is 76.0 cm³/mol. The van der Waals surface area contributed by atoms with E-state index in [1.54, 1.807) is 0 Å². The summed E-state index contributed by atoms with van der Waals surface area (Å²) in [7, 11) is 0. The zero-order chi connectivity index (χ0) is 13.2. The molecule has 1 aromatic carbocycles. The van der Waals surface area contributed by atoms with E-state index in [0.717, 1.165) is 23.1 Å². The van der Waals surface area contributed by atoms with Crippen molar-refractivity contribution < 1.29 is 0 Å². The standard InChI is InChI=1S/C14H17N5/c1-10(2)19-9-11(7-17-19)6-15-13-3-4-14-12(5-13)8-16-18-14/h3-5,7-10,15H,6H2,1-2H3,(H,16,18).